The second-order valence-electron chi connectivity index (χ2n) is 4.54. The molecule has 1 heterocycles. The van der Waals surface area contributed by atoms with E-state index < -0.39 is 23.7 Å². The average Bonchev–Trinajstić information content (AvgIpc) is 2.33. The van der Waals surface area contributed by atoms with Crippen molar-refractivity contribution in [2.45, 2.75) is 62.8 Å². The molecule has 1 aliphatic rings. The Morgan fingerprint density at radius 1 is 1.06 bits per heavy atom. The zero-order valence-corrected chi connectivity index (χ0v) is 11.2. The molecule has 3 N–H and O–H groups in total. The Labute approximate surface area is 107 Å². The van der Waals surface area contributed by atoms with Crippen LogP contribution in [-0.2, 0) is 4.74 Å². The van der Waals surface area contributed by atoms with E-state index in [-0.39, 0.29) is 6.61 Å². The van der Waals surface area contributed by atoms with E-state index in [1.54, 1.807) is 0 Å². The molecule has 0 aromatic carbocycles. The second kappa shape index (κ2) is 8.32. The lowest BCUT2D eigenvalue weighted by atomic mass is 10.1. The fourth-order valence-electron chi connectivity index (χ4n) is 1.83. The summed E-state index contributed by atoms with van der Waals surface area (Å²) in [5, 5.41) is 28.5. The maximum Gasteiger partial charge on any atom is 0.131 e. The third-order valence-electron chi connectivity index (χ3n) is 2.98. The van der Waals surface area contributed by atoms with Crippen LogP contribution in [0.5, 0.6) is 0 Å². The van der Waals surface area contributed by atoms with Crippen molar-refractivity contribution in [1.82, 2.24) is 0 Å². The highest BCUT2D eigenvalue weighted by atomic mass is 32.2. The summed E-state index contributed by atoms with van der Waals surface area (Å²) in [5.74, 6) is 0.925. The highest BCUT2D eigenvalue weighted by Gasteiger charge is 2.37. The number of hydrogen-bond donors (Lipinski definition) is 3. The van der Waals surface area contributed by atoms with Crippen LogP contribution >= 0.6 is 11.8 Å². The maximum absolute atomic E-state index is 9.69. The van der Waals surface area contributed by atoms with Crippen LogP contribution in [0.15, 0.2) is 0 Å². The Hall–Kier alpha value is 0.190. The first-order valence-electron chi connectivity index (χ1n) is 6.44. The van der Waals surface area contributed by atoms with E-state index >= 15 is 0 Å². The van der Waals surface area contributed by atoms with E-state index in [9.17, 15) is 15.3 Å². The Morgan fingerprint density at radius 3 is 2.47 bits per heavy atom. The second-order valence-corrected chi connectivity index (χ2v) is 5.74. The predicted octanol–water partition coefficient (Wildman–Crippen LogP) is 1.13. The normalized spacial score (nSPS) is 33.9. The molecule has 17 heavy (non-hydrogen) atoms. The summed E-state index contributed by atoms with van der Waals surface area (Å²) in [6, 6.07) is 0. The molecule has 0 unspecified atom stereocenters. The largest absolute Gasteiger partial charge is 0.388 e. The van der Waals surface area contributed by atoms with Crippen molar-refractivity contribution in [3.8, 4) is 0 Å². The molecular formula is C12H24O4S. The molecule has 0 saturated carbocycles. The standard InChI is InChI=1S/C12H24O4S/c1-2-3-4-5-6-7-17-12-11(15)10(14)9(13)8-16-12/h9-15H,2-8H2,1H3/t9-,10+,11-,12-/m1/s1. The summed E-state index contributed by atoms with van der Waals surface area (Å²) in [6.07, 6.45) is 3.05. The summed E-state index contributed by atoms with van der Waals surface area (Å²) < 4.78 is 5.30. The zero-order chi connectivity index (χ0) is 12.7. The van der Waals surface area contributed by atoms with Gasteiger partial charge in [0.15, 0.2) is 0 Å². The molecule has 0 aliphatic carbocycles. The van der Waals surface area contributed by atoms with Gasteiger partial charge in [0.05, 0.1) is 6.61 Å². The lowest BCUT2D eigenvalue weighted by Crippen LogP contribution is -2.51. The van der Waals surface area contributed by atoms with Crippen LogP contribution < -0.4 is 0 Å². The minimum atomic E-state index is -1.08. The van der Waals surface area contributed by atoms with Gasteiger partial charge in [0.25, 0.3) is 0 Å². The third-order valence-corrected chi connectivity index (χ3v) is 4.25. The number of unbranched alkanes of at least 4 members (excludes halogenated alkanes) is 4. The van der Waals surface area contributed by atoms with Gasteiger partial charge in [-0.3, -0.25) is 0 Å². The predicted molar refractivity (Wildman–Crippen MR) is 69.0 cm³/mol. The molecule has 4 nitrogen and oxygen atoms in total. The van der Waals surface area contributed by atoms with E-state index in [1.165, 1.54) is 37.4 Å². The third kappa shape index (κ3) is 5.14. The van der Waals surface area contributed by atoms with Crippen LogP contribution in [0.25, 0.3) is 0 Å². The van der Waals surface area contributed by atoms with Crippen molar-refractivity contribution in [1.29, 1.82) is 0 Å². The first-order valence-corrected chi connectivity index (χ1v) is 7.49. The highest BCUT2D eigenvalue weighted by Crippen LogP contribution is 2.25. The van der Waals surface area contributed by atoms with Gasteiger partial charge in [-0.05, 0) is 12.2 Å². The van der Waals surface area contributed by atoms with Crippen LogP contribution in [0.4, 0.5) is 0 Å². The summed E-state index contributed by atoms with van der Waals surface area (Å²) >= 11 is 1.53. The van der Waals surface area contributed by atoms with Gasteiger partial charge in [-0.1, -0.05) is 32.6 Å². The summed E-state index contributed by atoms with van der Waals surface area (Å²) in [6.45, 7) is 2.29. The molecule has 0 spiro atoms. The van der Waals surface area contributed by atoms with Crippen molar-refractivity contribution in [3.05, 3.63) is 0 Å². The molecule has 0 amide bonds. The number of hydrogen-bond acceptors (Lipinski definition) is 5. The quantitative estimate of drug-likeness (QED) is 0.601. The Kier molecular flexibility index (Phi) is 7.46. The zero-order valence-electron chi connectivity index (χ0n) is 10.4. The number of ether oxygens (including phenoxy) is 1. The lowest BCUT2D eigenvalue weighted by molar-refractivity contribution is -0.161. The van der Waals surface area contributed by atoms with Gasteiger partial charge >= 0.3 is 0 Å². The number of aliphatic hydroxyl groups is 3. The molecule has 0 bridgehead atoms. The van der Waals surface area contributed by atoms with Gasteiger partial charge in [0.2, 0.25) is 0 Å². The average molecular weight is 264 g/mol. The van der Waals surface area contributed by atoms with Crippen LogP contribution in [0, 0.1) is 0 Å². The van der Waals surface area contributed by atoms with E-state index in [0.717, 1.165) is 12.2 Å². The van der Waals surface area contributed by atoms with Gasteiger partial charge in [0, 0.05) is 0 Å². The van der Waals surface area contributed by atoms with E-state index in [1.807, 2.05) is 0 Å². The summed E-state index contributed by atoms with van der Waals surface area (Å²) in [5.41, 5.74) is -0.403. The molecule has 1 aliphatic heterocycles. The van der Waals surface area contributed by atoms with Gasteiger partial charge in [-0.15, -0.1) is 11.8 Å². The van der Waals surface area contributed by atoms with Crippen LogP contribution in [-0.4, -0.2) is 51.4 Å². The molecule has 0 radical (unpaired) electrons. The van der Waals surface area contributed by atoms with Crippen LogP contribution in [0.2, 0.25) is 0 Å². The monoisotopic (exact) mass is 264 g/mol. The van der Waals surface area contributed by atoms with Crippen molar-refractivity contribution >= 4 is 11.8 Å². The lowest BCUT2D eigenvalue weighted by Gasteiger charge is -2.34. The van der Waals surface area contributed by atoms with E-state index in [0.29, 0.717) is 0 Å². The molecule has 4 atom stereocenters. The van der Waals surface area contributed by atoms with Crippen molar-refractivity contribution in [2.24, 2.45) is 0 Å². The molecule has 1 rings (SSSR count). The van der Waals surface area contributed by atoms with Gasteiger partial charge in [-0.2, -0.15) is 0 Å². The number of aliphatic hydroxyl groups excluding tert-OH is 3. The maximum atomic E-state index is 9.69. The molecule has 102 valence electrons. The van der Waals surface area contributed by atoms with Gasteiger partial charge < -0.3 is 20.1 Å². The van der Waals surface area contributed by atoms with Crippen molar-refractivity contribution in [3.63, 3.8) is 0 Å². The van der Waals surface area contributed by atoms with Gasteiger partial charge in [-0.25, -0.2) is 0 Å². The number of rotatable bonds is 7. The van der Waals surface area contributed by atoms with Crippen LogP contribution in [0.1, 0.15) is 39.0 Å². The van der Waals surface area contributed by atoms with Crippen molar-refractivity contribution < 1.29 is 20.1 Å². The van der Waals surface area contributed by atoms with Gasteiger partial charge in [0.1, 0.15) is 23.7 Å². The topological polar surface area (TPSA) is 69.9 Å². The fourth-order valence-corrected chi connectivity index (χ4v) is 2.97. The Morgan fingerprint density at radius 2 is 1.76 bits per heavy atom. The van der Waals surface area contributed by atoms with Crippen molar-refractivity contribution in [2.75, 3.05) is 12.4 Å². The molecule has 5 heteroatoms. The highest BCUT2D eigenvalue weighted by molar-refractivity contribution is 7.99. The molecule has 1 fully saturated rings. The molecular weight excluding hydrogens is 240 g/mol. The first kappa shape index (κ1) is 15.2. The summed E-state index contributed by atoms with van der Waals surface area (Å²) in [4.78, 5) is 0. The Balaban J connectivity index is 2.10. The summed E-state index contributed by atoms with van der Waals surface area (Å²) in [7, 11) is 0. The van der Waals surface area contributed by atoms with E-state index in [4.69, 9.17) is 4.74 Å². The minimum Gasteiger partial charge on any atom is -0.388 e. The van der Waals surface area contributed by atoms with Crippen LogP contribution in [0.3, 0.4) is 0 Å². The molecule has 0 aromatic rings. The Bertz CT molecular complexity index is 203. The smallest absolute Gasteiger partial charge is 0.131 e. The number of thioether (sulfide) groups is 1. The minimum absolute atomic E-state index is 0.103. The molecule has 1 saturated heterocycles. The molecule has 0 aromatic heterocycles. The van der Waals surface area contributed by atoms with E-state index in [2.05, 4.69) is 6.92 Å². The first-order chi connectivity index (χ1) is 8.16. The SMILES string of the molecule is CCCCCCCS[C@H]1OC[C@@H](O)[C@H](O)[C@H]1O. The fraction of sp³-hybridized carbons (Fsp3) is 1.00.